The Labute approximate surface area is 118 Å². The second-order valence-corrected chi connectivity index (χ2v) is 6.38. The van der Waals surface area contributed by atoms with Gasteiger partial charge in [-0.2, -0.15) is 0 Å². The van der Waals surface area contributed by atoms with Gasteiger partial charge in [0.25, 0.3) is 0 Å². The topological polar surface area (TPSA) is 35.2 Å². The Hall–Kier alpha value is -0.540. The summed E-state index contributed by atoms with van der Waals surface area (Å²) in [4.78, 5) is 0. The average molecular weight is 312 g/mol. The lowest BCUT2D eigenvalue weighted by Gasteiger charge is -2.26. The van der Waals surface area contributed by atoms with Crippen LogP contribution in [0.5, 0.6) is 5.75 Å². The Balaban J connectivity index is 2.13. The summed E-state index contributed by atoms with van der Waals surface area (Å²) in [6.45, 7) is 4.98. The van der Waals surface area contributed by atoms with E-state index in [1.807, 2.05) is 6.92 Å². The Kier molecular flexibility index (Phi) is 4.68. The molecule has 0 aromatic heterocycles. The van der Waals surface area contributed by atoms with E-state index < -0.39 is 0 Å². The highest BCUT2D eigenvalue weighted by atomic mass is 79.9. The van der Waals surface area contributed by atoms with Crippen molar-refractivity contribution < 1.29 is 4.74 Å². The van der Waals surface area contributed by atoms with Crippen LogP contribution >= 0.6 is 15.9 Å². The van der Waals surface area contributed by atoms with E-state index in [2.05, 4.69) is 35.0 Å². The van der Waals surface area contributed by atoms with E-state index >= 15 is 0 Å². The van der Waals surface area contributed by atoms with Gasteiger partial charge >= 0.3 is 0 Å². The Morgan fingerprint density at radius 2 is 2.17 bits per heavy atom. The van der Waals surface area contributed by atoms with Gasteiger partial charge in [0.15, 0.2) is 0 Å². The molecule has 0 spiro atoms. The molecular weight excluding hydrogens is 290 g/mol. The van der Waals surface area contributed by atoms with Crippen LogP contribution in [0.15, 0.2) is 16.6 Å². The zero-order valence-electron chi connectivity index (χ0n) is 11.2. The van der Waals surface area contributed by atoms with Crippen molar-refractivity contribution in [3.8, 4) is 5.75 Å². The molecule has 3 heteroatoms. The number of rotatable bonds is 5. The number of benzene rings is 1. The van der Waals surface area contributed by atoms with E-state index in [1.165, 1.54) is 30.4 Å². The van der Waals surface area contributed by atoms with Gasteiger partial charge in [-0.15, -0.1) is 0 Å². The van der Waals surface area contributed by atoms with Gasteiger partial charge in [0, 0.05) is 6.04 Å². The third-order valence-electron chi connectivity index (χ3n) is 3.49. The molecule has 0 heterocycles. The Bertz CT molecular complexity index is 413. The minimum absolute atomic E-state index is 0.157. The molecule has 1 unspecified atom stereocenters. The minimum atomic E-state index is 0.157. The van der Waals surface area contributed by atoms with Crippen molar-refractivity contribution in [2.45, 2.75) is 45.6 Å². The zero-order chi connectivity index (χ0) is 13.1. The maximum Gasteiger partial charge on any atom is 0.136 e. The fourth-order valence-electron chi connectivity index (χ4n) is 2.32. The summed E-state index contributed by atoms with van der Waals surface area (Å²) >= 11 is 3.61. The first-order valence-electron chi connectivity index (χ1n) is 6.73. The first-order valence-corrected chi connectivity index (χ1v) is 7.53. The molecule has 100 valence electrons. The maximum absolute atomic E-state index is 6.03. The smallest absolute Gasteiger partial charge is 0.136 e. The predicted octanol–water partition coefficient (Wildman–Crippen LogP) is 3.83. The van der Waals surface area contributed by atoms with Crippen LogP contribution in [0.3, 0.4) is 0 Å². The summed E-state index contributed by atoms with van der Waals surface area (Å²) in [6.07, 6.45) is 4.84. The number of halogens is 1. The van der Waals surface area contributed by atoms with Gasteiger partial charge in [0.1, 0.15) is 5.75 Å². The van der Waals surface area contributed by atoms with Gasteiger partial charge in [-0.25, -0.2) is 0 Å². The third kappa shape index (κ3) is 3.48. The molecular formula is C15H22BrNO. The number of hydrogen-bond donors (Lipinski definition) is 1. The monoisotopic (exact) mass is 311 g/mol. The highest BCUT2D eigenvalue weighted by Gasteiger charge is 2.19. The lowest BCUT2D eigenvalue weighted by atomic mass is 9.86. The third-order valence-corrected chi connectivity index (χ3v) is 4.08. The van der Waals surface area contributed by atoms with Crippen molar-refractivity contribution in [2.75, 3.05) is 6.61 Å². The fraction of sp³-hybridized carbons (Fsp3) is 0.600. The summed E-state index contributed by atoms with van der Waals surface area (Å²) < 4.78 is 7.08. The molecule has 1 aromatic carbocycles. The minimum Gasteiger partial charge on any atom is -0.492 e. The highest BCUT2D eigenvalue weighted by molar-refractivity contribution is 9.10. The molecule has 1 aromatic rings. The van der Waals surface area contributed by atoms with Gasteiger partial charge in [0.2, 0.25) is 0 Å². The summed E-state index contributed by atoms with van der Waals surface area (Å²) in [6, 6.07) is 4.45. The molecule has 1 aliphatic rings. The lowest BCUT2D eigenvalue weighted by Crippen LogP contribution is -2.21. The number of ether oxygens (including phenoxy) is 1. The van der Waals surface area contributed by atoms with Crippen LogP contribution in [0.2, 0.25) is 0 Å². The Morgan fingerprint density at radius 3 is 2.72 bits per heavy atom. The van der Waals surface area contributed by atoms with E-state index in [0.29, 0.717) is 0 Å². The van der Waals surface area contributed by atoms with Crippen LogP contribution in [-0.2, 0) is 6.42 Å². The summed E-state index contributed by atoms with van der Waals surface area (Å²) in [5.41, 5.74) is 8.38. The first kappa shape index (κ1) is 13.9. The molecule has 1 saturated carbocycles. The maximum atomic E-state index is 6.03. The van der Waals surface area contributed by atoms with Crippen LogP contribution in [0, 0.1) is 12.8 Å². The van der Waals surface area contributed by atoms with Crippen molar-refractivity contribution >= 4 is 15.9 Å². The van der Waals surface area contributed by atoms with Gasteiger partial charge in [-0.3, -0.25) is 0 Å². The zero-order valence-corrected chi connectivity index (χ0v) is 12.8. The molecule has 0 bridgehead atoms. The Morgan fingerprint density at radius 1 is 1.44 bits per heavy atom. The standard InChI is InChI=1S/C15H22BrNO/c1-10-6-13(8-11(2)17)15(14(16)7-10)18-9-12-4-3-5-12/h6-7,11-12H,3-5,8-9,17H2,1-2H3. The molecule has 2 nitrogen and oxygen atoms in total. The second-order valence-electron chi connectivity index (χ2n) is 5.52. The second kappa shape index (κ2) is 6.07. The van der Waals surface area contributed by atoms with Crippen molar-refractivity contribution in [2.24, 2.45) is 11.7 Å². The molecule has 0 saturated heterocycles. The van der Waals surface area contributed by atoms with Crippen LogP contribution < -0.4 is 10.5 Å². The van der Waals surface area contributed by atoms with E-state index in [9.17, 15) is 0 Å². The number of nitrogens with two attached hydrogens (primary N) is 1. The van der Waals surface area contributed by atoms with Crippen LogP contribution in [-0.4, -0.2) is 12.6 Å². The molecule has 2 rings (SSSR count). The molecule has 0 aliphatic heterocycles. The molecule has 18 heavy (non-hydrogen) atoms. The van der Waals surface area contributed by atoms with Crippen molar-refractivity contribution in [3.63, 3.8) is 0 Å². The van der Waals surface area contributed by atoms with Crippen LogP contribution in [0.1, 0.15) is 37.3 Å². The summed E-state index contributed by atoms with van der Waals surface area (Å²) in [5.74, 6) is 1.74. The van der Waals surface area contributed by atoms with Crippen molar-refractivity contribution in [3.05, 3.63) is 27.7 Å². The number of hydrogen-bond acceptors (Lipinski definition) is 2. The first-order chi connectivity index (χ1) is 8.56. The van der Waals surface area contributed by atoms with Crippen molar-refractivity contribution in [1.29, 1.82) is 0 Å². The number of aryl methyl sites for hydroxylation is 1. The van der Waals surface area contributed by atoms with E-state index in [4.69, 9.17) is 10.5 Å². The van der Waals surface area contributed by atoms with Gasteiger partial charge in [-0.05, 0) is 72.2 Å². The van der Waals surface area contributed by atoms with E-state index in [0.717, 1.165) is 29.2 Å². The fourth-order valence-corrected chi connectivity index (χ4v) is 3.05. The molecule has 1 fully saturated rings. The predicted molar refractivity (Wildman–Crippen MR) is 79.1 cm³/mol. The molecule has 2 N–H and O–H groups in total. The van der Waals surface area contributed by atoms with Crippen LogP contribution in [0.4, 0.5) is 0 Å². The average Bonchev–Trinajstić information content (AvgIpc) is 2.18. The summed E-state index contributed by atoms with van der Waals surface area (Å²) in [5, 5.41) is 0. The van der Waals surface area contributed by atoms with E-state index in [1.54, 1.807) is 0 Å². The van der Waals surface area contributed by atoms with Gasteiger partial charge < -0.3 is 10.5 Å². The SMILES string of the molecule is Cc1cc(Br)c(OCC2CCC2)c(CC(C)N)c1. The lowest BCUT2D eigenvalue weighted by molar-refractivity contribution is 0.178. The van der Waals surface area contributed by atoms with Crippen LogP contribution in [0.25, 0.3) is 0 Å². The highest BCUT2D eigenvalue weighted by Crippen LogP contribution is 2.34. The summed E-state index contributed by atoms with van der Waals surface area (Å²) in [7, 11) is 0. The molecule has 1 aliphatic carbocycles. The quantitative estimate of drug-likeness (QED) is 0.897. The van der Waals surface area contributed by atoms with E-state index in [-0.39, 0.29) is 6.04 Å². The largest absolute Gasteiger partial charge is 0.492 e. The molecule has 1 atom stereocenters. The molecule has 0 amide bonds. The van der Waals surface area contributed by atoms with Gasteiger partial charge in [0.05, 0.1) is 11.1 Å². The normalized spacial score (nSPS) is 17.3. The van der Waals surface area contributed by atoms with Gasteiger partial charge in [-0.1, -0.05) is 12.5 Å². The van der Waals surface area contributed by atoms with Crippen molar-refractivity contribution in [1.82, 2.24) is 0 Å². The molecule has 0 radical (unpaired) electrons.